The van der Waals surface area contributed by atoms with E-state index in [1.54, 1.807) is 36.4 Å². The third-order valence-electron chi connectivity index (χ3n) is 3.88. The molecule has 0 spiro atoms. The van der Waals surface area contributed by atoms with Gasteiger partial charge in [-0.25, -0.2) is 9.18 Å². The highest BCUT2D eigenvalue weighted by Crippen LogP contribution is 2.24. The number of halogens is 2. The summed E-state index contributed by atoms with van der Waals surface area (Å²) in [4.78, 5) is 24.5. The van der Waals surface area contributed by atoms with E-state index in [4.69, 9.17) is 16.3 Å². The van der Waals surface area contributed by atoms with Crippen molar-refractivity contribution in [3.8, 4) is 0 Å². The van der Waals surface area contributed by atoms with E-state index in [0.717, 1.165) is 0 Å². The Labute approximate surface area is 158 Å². The third kappa shape index (κ3) is 3.76. The van der Waals surface area contributed by atoms with Crippen molar-refractivity contribution in [1.29, 1.82) is 0 Å². The van der Waals surface area contributed by atoms with Crippen molar-refractivity contribution in [2.75, 3.05) is 12.9 Å². The fraction of sp³-hybridized carbons (Fsp3) is 0.158. The molecular weight excluding hydrogens is 377 g/mol. The summed E-state index contributed by atoms with van der Waals surface area (Å²) in [7, 11) is 1.30. The Kier molecular flexibility index (Phi) is 5.64. The van der Waals surface area contributed by atoms with Crippen molar-refractivity contribution in [2.24, 2.45) is 0 Å². The number of fused-ring (bicyclic) bond motifs is 1. The second-order valence-corrected chi connectivity index (χ2v) is 6.97. The zero-order valence-electron chi connectivity index (χ0n) is 13.9. The number of benzene rings is 2. The summed E-state index contributed by atoms with van der Waals surface area (Å²) in [6, 6.07) is 11.6. The van der Waals surface area contributed by atoms with E-state index in [2.05, 4.69) is 0 Å². The van der Waals surface area contributed by atoms with Gasteiger partial charge in [-0.1, -0.05) is 35.9 Å². The van der Waals surface area contributed by atoms with Crippen molar-refractivity contribution in [1.82, 2.24) is 4.57 Å². The lowest BCUT2D eigenvalue weighted by atomic mass is 10.2. The third-order valence-corrected chi connectivity index (χ3v) is 5.09. The second kappa shape index (κ2) is 7.93. The highest BCUT2D eigenvalue weighted by atomic mass is 35.5. The van der Waals surface area contributed by atoms with Crippen LogP contribution in [-0.4, -0.2) is 29.3 Å². The Bertz CT molecular complexity index is 986. The van der Waals surface area contributed by atoms with Crippen molar-refractivity contribution in [2.45, 2.75) is 5.75 Å². The van der Waals surface area contributed by atoms with Gasteiger partial charge in [-0.2, -0.15) is 0 Å². The molecule has 7 heteroatoms. The molecule has 0 radical (unpaired) electrons. The van der Waals surface area contributed by atoms with Crippen LogP contribution in [0.1, 0.15) is 20.7 Å². The zero-order chi connectivity index (χ0) is 18.7. The molecule has 3 rings (SSSR count). The van der Waals surface area contributed by atoms with E-state index in [1.165, 1.54) is 35.7 Å². The first-order valence-corrected chi connectivity index (χ1v) is 9.28. The standard InChI is InChI=1S/C19H15ClFNO3S/c1-25-19(24)15-9-22(17-5-3-2-4-14(15)17)18(23)11-26-10-12-6-7-13(20)8-16(12)21/h2-9H,10-11H2,1H3. The van der Waals surface area contributed by atoms with Crippen LogP contribution in [0.3, 0.4) is 0 Å². The van der Waals surface area contributed by atoms with Crippen LogP contribution in [0.5, 0.6) is 0 Å². The quantitative estimate of drug-likeness (QED) is 0.586. The molecule has 0 amide bonds. The van der Waals surface area contributed by atoms with Gasteiger partial charge in [-0.15, -0.1) is 11.8 Å². The average molecular weight is 392 g/mol. The van der Waals surface area contributed by atoms with Crippen molar-refractivity contribution >= 4 is 46.1 Å². The van der Waals surface area contributed by atoms with Crippen molar-refractivity contribution < 1.29 is 18.7 Å². The minimum absolute atomic E-state index is 0.140. The number of para-hydroxylation sites is 1. The Morgan fingerprint density at radius 3 is 2.73 bits per heavy atom. The first-order valence-electron chi connectivity index (χ1n) is 7.74. The summed E-state index contributed by atoms with van der Waals surface area (Å²) in [5.74, 6) is -0.602. The molecule has 0 aliphatic carbocycles. The van der Waals surface area contributed by atoms with Gasteiger partial charge in [0, 0.05) is 22.4 Å². The SMILES string of the molecule is COC(=O)c1cn(C(=O)CSCc2ccc(Cl)cc2F)c2ccccc12. The summed E-state index contributed by atoms with van der Waals surface area (Å²) in [6.07, 6.45) is 1.49. The molecule has 0 atom stereocenters. The summed E-state index contributed by atoms with van der Waals surface area (Å²) in [5, 5.41) is 0.989. The number of hydrogen-bond donors (Lipinski definition) is 0. The molecule has 134 valence electrons. The smallest absolute Gasteiger partial charge is 0.340 e. The minimum Gasteiger partial charge on any atom is -0.465 e. The first kappa shape index (κ1) is 18.5. The lowest BCUT2D eigenvalue weighted by Crippen LogP contribution is -2.12. The molecule has 0 saturated carbocycles. The number of hydrogen-bond acceptors (Lipinski definition) is 4. The molecule has 0 aliphatic rings. The van der Waals surface area contributed by atoms with Gasteiger partial charge in [0.05, 0.1) is 23.9 Å². The summed E-state index contributed by atoms with van der Waals surface area (Å²) >= 11 is 7.03. The maximum Gasteiger partial charge on any atom is 0.340 e. The number of methoxy groups -OCH3 is 1. The monoisotopic (exact) mass is 391 g/mol. The number of aromatic nitrogens is 1. The molecule has 0 bridgehead atoms. The van der Waals surface area contributed by atoms with Gasteiger partial charge in [0.2, 0.25) is 5.91 Å². The van der Waals surface area contributed by atoms with Crippen LogP contribution in [-0.2, 0) is 10.5 Å². The van der Waals surface area contributed by atoms with E-state index < -0.39 is 11.8 Å². The molecule has 0 saturated heterocycles. The van der Waals surface area contributed by atoms with Gasteiger partial charge in [-0.3, -0.25) is 9.36 Å². The molecule has 0 unspecified atom stereocenters. The normalized spacial score (nSPS) is 10.9. The molecule has 4 nitrogen and oxygen atoms in total. The molecule has 26 heavy (non-hydrogen) atoms. The van der Waals surface area contributed by atoms with E-state index in [1.807, 2.05) is 0 Å². The topological polar surface area (TPSA) is 48.3 Å². The van der Waals surface area contributed by atoms with Gasteiger partial charge in [0.15, 0.2) is 0 Å². The molecule has 1 heterocycles. The first-order chi connectivity index (χ1) is 12.5. The number of esters is 1. The van der Waals surface area contributed by atoms with E-state index in [9.17, 15) is 14.0 Å². The van der Waals surface area contributed by atoms with Gasteiger partial charge in [0.1, 0.15) is 5.82 Å². The number of carbonyl (C=O) groups is 2. The molecule has 0 fully saturated rings. The van der Waals surface area contributed by atoms with Gasteiger partial charge < -0.3 is 4.74 Å². The van der Waals surface area contributed by atoms with Crippen LogP contribution >= 0.6 is 23.4 Å². The van der Waals surface area contributed by atoms with Gasteiger partial charge in [0.25, 0.3) is 0 Å². The highest BCUT2D eigenvalue weighted by molar-refractivity contribution is 7.99. The van der Waals surface area contributed by atoms with Crippen LogP contribution in [0.15, 0.2) is 48.7 Å². The number of ether oxygens (including phenoxy) is 1. The second-order valence-electron chi connectivity index (χ2n) is 5.54. The van der Waals surface area contributed by atoms with Crippen LogP contribution in [0.25, 0.3) is 10.9 Å². The zero-order valence-corrected chi connectivity index (χ0v) is 15.4. The molecule has 0 N–H and O–H groups in total. The largest absolute Gasteiger partial charge is 0.465 e. The molecule has 2 aromatic carbocycles. The minimum atomic E-state index is -0.497. The lowest BCUT2D eigenvalue weighted by molar-refractivity contribution is 0.0603. The molecule has 0 aliphatic heterocycles. The number of rotatable bonds is 5. The van der Waals surface area contributed by atoms with Crippen molar-refractivity contribution in [3.05, 3.63) is 70.6 Å². The number of carbonyl (C=O) groups excluding carboxylic acids is 2. The van der Waals surface area contributed by atoms with E-state index in [-0.39, 0.29) is 11.7 Å². The summed E-state index contributed by atoms with van der Waals surface area (Å²) < 4.78 is 20.0. The Balaban J connectivity index is 1.77. The van der Waals surface area contributed by atoms with Crippen LogP contribution in [0.2, 0.25) is 5.02 Å². The van der Waals surface area contributed by atoms with Crippen LogP contribution in [0, 0.1) is 5.82 Å². The van der Waals surface area contributed by atoms with Gasteiger partial charge >= 0.3 is 5.97 Å². The Morgan fingerprint density at radius 2 is 2.00 bits per heavy atom. The fourth-order valence-electron chi connectivity index (χ4n) is 2.62. The van der Waals surface area contributed by atoms with Crippen LogP contribution in [0.4, 0.5) is 4.39 Å². The van der Waals surface area contributed by atoms with Gasteiger partial charge in [-0.05, 0) is 23.8 Å². The average Bonchev–Trinajstić information content (AvgIpc) is 3.02. The molecule has 3 aromatic rings. The highest BCUT2D eigenvalue weighted by Gasteiger charge is 2.18. The van der Waals surface area contributed by atoms with E-state index in [0.29, 0.717) is 32.8 Å². The van der Waals surface area contributed by atoms with E-state index >= 15 is 0 Å². The molecular formula is C19H15ClFNO3S. The van der Waals surface area contributed by atoms with Crippen molar-refractivity contribution in [3.63, 3.8) is 0 Å². The summed E-state index contributed by atoms with van der Waals surface area (Å²) in [5.41, 5.74) is 1.46. The molecule has 1 aromatic heterocycles. The maximum atomic E-state index is 13.8. The Morgan fingerprint density at radius 1 is 1.23 bits per heavy atom. The fourth-order valence-corrected chi connectivity index (χ4v) is 3.64. The van der Waals surface area contributed by atoms with Crippen LogP contribution < -0.4 is 0 Å². The lowest BCUT2D eigenvalue weighted by Gasteiger charge is -2.05. The number of thioether (sulfide) groups is 1. The number of nitrogens with zero attached hydrogens (tertiary/aromatic N) is 1. The predicted molar refractivity (Wildman–Crippen MR) is 101 cm³/mol. The Hall–Kier alpha value is -2.31. The summed E-state index contributed by atoms with van der Waals surface area (Å²) in [6.45, 7) is 0. The predicted octanol–water partition coefficient (Wildman–Crippen LogP) is 4.79. The maximum absolute atomic E-state index is 13.8.